The Bertz CT molecular complexity index is 1100. The smallest absolute Gasteiger partial charge is 0.303 e. The highest BCUT2D eigenvalue weighted by Crippen LogP contribution is 2.31. The van der Waals surface area contributed by atoms with Gasteiger partial charge in [-0.25, -0.2) is 9.97 Å². The van der Waals surface area contributed by atoms with E-state index in [1.165, 1.54) is 10.9 Å². The molecule has 0 aliphatic carbocycles. The molecule has 9 N–H and O–H groups in total. The van der Waals surface area contributed by atoms with E-state index < -0.39 is 49.1 Å². The number of carbonyl (C=O) groups is 2. The van der Waals surface area contributed by atoms with E-state index in [1.807, 2.05) is 0 Å². The molecule has 15 heteroatoms. The van der Waals surface area contributed by atoms with E-state index in [4.69, 9.17) is 27.8 Å². The molecule has 0 radical (unpaired) electrons. The molecule has 34 heavy (non-hydrogen) atoms. The molecule has 3 rings (SSSR count). The van der Waals surface area contributed by atoms with E-state index in [1.54, 1.807) is 12.2 Å². The van der Waals surface area contributed by atoms with Gasteiger partial charge in [0.1, 0.15) is 29.5 Å². The summed E-state index contributed by atoms with van der Waals surface area (Å²) in [5.41, 5.74) is 6.41. The first-order valence-corrected chi connectivity index (χ1v) is 10.9. The fourth-order valence-electron chi connectivity index (χ4n) is 3.35. The Hall–Kier alpha value is -2.95. The molecule has 1 amide bonds. The maximum Gasteiger partial charge on any atom is 0.303 e. The van der Waals surface area contributed by atoms with E-state index in [2.05, 4.69) is 25.6 Å². The third kappa shape index (κ3) is 5.94. The number of aromatic nitrogens is 4. The molecule has 14 nitrogen and oxygen atoms in total. The number of aliphatic hydroxyl groups excluding tert-OH is 3. The molecule has 1 aliphatic heterocycles. The molecular formula is C19H27N7O7S. The number of fused-ring (bicyclic) bond motifs is 1. The number of rotatable bonds is 11. The van der Waals surface area contributed by atoms with Crippen LogP contribution in [0.3, 0.4) is 0 Å². The molecule has 186 valence electrons. The molecule has 0 bridgehead atoms. The third-order valence-corrected chi connectivity index (χ3v) is 5.48. The number of amides is 1. The second-order valence-electron chi connectivity index (χ2n) is 7.60. The SMILES string of the molecule is NC(CCC(=O)O)C(=O)NCC=CCNc1nc(=S)c2ncn([C@@H]3O[C@H](CO)[C@H](O)C3O)c2[nH]1. The lowest BCUT2D eigenvalue weighted by molar-refractivity contribution is -0.137. The van der Waals surface area contributed by atoms with Crippen molar-refractivity contribution in [3.05, 3.63) is 23.1 Å². The summed E-state index contributed by atoms with van der Waals surface area (Å²) < 4.78 is 7.23. The van der Waals surface area contributed by atoms with Gasteiger partial charge in [-0.05, 0) is 6.42 Å². The van der Waals surface area contributed by atoms with Gasteiger partial charge < -0.3 is 46.5 Å². The van der Waals surface area contributed by atoms with E-state index in [0.717, 1.165) is 0 Å². The molecule has 0 saturated carbocycles. The number of aromatic amines is 1. The van der Waals surface area contributed by atoms with Crippen LogP contribution in [-0.2, 0) is 14.3 Å². The summed E-state index contributed by atoms with van der Waals surface area (Å²) in [7, 11) is 0. The predicted molar refractivity (Wildman–Crippen MR) is 121 cm³/mol. The monoisotopic (exact) mass is 497 g/mol. The first kappa shape index (κ1) is 25.7. The summed E-state index contributed by atoms with van der Waals surface area (Å²) in [6.45, 7) is 0.0846. The third-order valence-electron chi connectivity index (χ3n) is 5.19. The Balaban J connectivity index is 1.58. The van der Waals surface area contributed by atoms with E-state index in [0.29, 0.717) is 23.7 Å². The molecule has 1 saturated heterocycles. The maximum atomic E-state index is 11.8. The van der Waals surface area contributed by atoms with E-state index >= 15 is 0 Å². The number of imidazole rings is 1. The Morgan fingerprint density at radius 1 is 1.32 bits per heavy atom. The number of hydrogen-bond donors (Lipinski definition) is 8. The second-order valence-corrected chi connectivity index (χ2v) is 7.99. The fourth-order valence-corrected chi connectivity index (χ4v) is 3.59. The lowest BCUT2D eigenvalue weighted by Gasteiger charge is -2.17. The predicted octanol–water partition coefficient (Wildman–Crippen LogP) is -1.62. The van der Waals surface area contributed by atoms with Crippen molar-refractivity contribution in [2.24, 2.45) is 5.73 Å². The number of carboxylic acids is 1. The van der Waals surface area contributed by atoms with Crippen molar-refractivity contribution >= 4 is 41.2 Å². The Morgan fingerprint density at radius 3 is 2.74 bits per heavy atom. The zero-order valence-electron chi connectivity index (χ0n) is 18.0. The van der Waals surface area contributed by atoms with Crippen molar-refractivity contribution in [3.8, 4) is 0 Å². The van der Waals surface area contributed by atoms with Gasteiger partial charge in [-0.15, -0.1) is 0 Å². The van der Waals surface area contributed by atoms with Gasteiger partial charge in [0.15, 0.2) is 10.9 Å². The number of carbonyl (C=O) groups excluding carboxylic acids is 1. The zero-order chi connectivity index (χ0) is 24.8. The van der Waals surface area contributed by atoms with Gasteiger partial charge in [-0.3, -0.25) is 14.2 Å². The summed E-state index contributed by atoms with van der Waals surface area (Å²) in [4.78, 5) is 33.8. The number of aliphatic carboxylic acids is 1. The Kier molecular flexibility index (Phi) is 8.65. The molecule has 5 atom stereocenters. The number of ether oxygens (including phenoxy) is 1. The number of nitrogens with one attached hydrogen (secondary N) is 3. The van der Waals surface area contributed by atoms with Crippen molar-refractivity contribution in [3.63, 3.8) is 0 Å². The van der Waals surface area contributed by atoms with Gasteiger partial charge in [-0.2, -0.15) is 0 Å². The number of anilines is 1. The molecule has 1 aliphatic rings. The Labute approximate surface area is 198 Å². The van der Waals surface area contributed by atoms with Crippen LogP contribution in [0, 0.1) is 4.64 Å². The normalized spacial score (nSPS) is 23.4. The number of carboxylic acid groups (broad SMARTS) is 1. The van der Waals surface area contributed by atoms with Crippen LogP contribution in [0.15, 0.2) is 18.5 Å². The van der Waals surface area contributed by atoms with Gasteiger partial charge in [0.05, 0.1) is 19.0 Å². The fraction of sp³-hybridized carbons (Fsp3) is 0.526. The van der Waals surface area contributed by atoms with Gasteiger partial charge in [0, 0.05) is 19.5 Å². The molecule has 0 spiro atoms. The van der Waals surface area contributed by atoms with Crippen molar-refractivity contribution in [1.82, 2.24) is 24.8 Å². The van der Waals surface area contributed by atoms with Crippen LogP contribution in [0.5, 0.6) is 0 Å². The van der Waals surface area contributed by atoms with Crippen LogP contribution in [0.1, 0.15) is 19.1 Å². The van der Waals surface area contributed by atoms with Crippen LogP contribution >= 0.6 is 12.2 Å². The largest absolute Gasteiger partial charge is 0.481 e. The number of H-pyrrole nitrogens is 1. The molecule has 2 aromatic heterocycles. The number of hydrogen-bond acceptors (Lipinski definition) is 11. The molecular weight excluding hydrogens is 470 g/mol. The minimum absolute atomic E-state index is 0.0545. The highest BCUT2D eigenvalue weighted by Gasteiger charge is 2.43. The summed E-state index contributed by atoms with van der Waals surface area (Å²) >= 11 is 5.29. The molecule has 0 aromatic carbocycles. The highest BCUT2D eigenvalue weighted by atomic mass is 32.1. The Morgan fingerprint density at radius 2 is 2.06 bits per heavy atom. The number of nitrogens with zero attached hydrogens (tertiary/aromatic N) is 3. The standard InChI is InChI=1S/C19H27N7O7S/c20-9(3-4-11(28)29)16(32)21-5-1-2-6-22-19-24-15-12(17(34)25-19)23-8-26(15)18-14(31)13(30)10(7-27)33-18/h1-2,8-10,13-14,18,27,30-31H,3-7,20H2,(H,21,32)(H,28,29)(H2,22,24,25,34)/t9?,10-,13+,14?,18-/m1/s1. The maximum absolute atomic E-state index is 11.8. The van der Waals surface area contributed by atoms with Crippen LogP contribution in [-0.4, -0.2) is 95.9 Å². The van der Waals surface area contributed by atoms with E-state index in [-0.39, 0.29) is 24.0 Å². The van der Waals surface area contributed by atoms with Gasteiger partial charge in [-0.1, -0.05) is 24.4 Å². The summed E-state index contributed by atoms with van der Waals surface area (Å²) in [5.74, 6) is -1.13. The minimum Gasteiger partial charge on any atom is -0.481 e. The molecule has 2 unspecified atom stereocenters. The van der Waals surface area contributed by atoms with Crippen molar-refractivity contribution < 1.29 is 34.8 Å². The van der Waals surface area contributed by atoms with Crippen molar-refractivity contribution in [2.75, 3.05) is 25.0 Å². The first-order chi connectivity index (χ1) is 16.2. The van der Waals surface area contributed by atoms with Crippen molar-refractivity contribution in [2.45, 2.75) is 43.4 Å². The summed E-state index contributed by atoms with van der Waals surface area (Å²) in [6, 6.07) is -0.889. The lowest BCUT2D eigenvalue weighted by atomic mass is 10.1. The van der Waals surface area contributed by atoms with Gasteiger partial charge in [0.25, 0.3) is 0 Å². The van der Waals surface area contributed by atoms with Crippen LogP contribution in [0.2, 0.25) is 0 Å². The second kappa shape index (κ2) is 11.5. The molecule has 1 fully saturated rings. The average molecular weight is 498 g/mol. The zero-order valence-corrected chi connectivity index (χ0v) is 18.8. The minimum atomic E-state index is -1.28. The van der Waals surface area contributed by atoms with Crippen LogP contribution < -0.4 is 16.4 Å². The van der Waals surface area contributed by atoms with Crippen molar-refractivity contribution in [1.29, 1.82) is 0 Å². The highest BCUT2D eigenvalue weighted by molar-refractivity contribution is 7.71. The van der Waals surface area contributed by atoms with E-state index in [9.17, 15) is 24.9 Å². The first-order valence-electron chi connectivity index (χ1n) is 10.5. The van der Waals surface area contributed by atoms with Gasteiger partial charge >= 0.3 is 5.97 Å². The average Bonchev–Trinajstić information content (AvgIpc) is 3.35. The molecule has 3 heterocycles. The van der Waals surface area contributed by atoms with Gasteiger partial charge in [0.2, 0.25) is 11.9 Å². The number of nitrogens with two attached hydrogens (primary N) is 1. The number of aliphatic hydroxyl groups is 3. The topological polar surface area (TPSA) is 221 Å². The summed E-state index contributed by atoms with van der Waals surface area (Å²) in [5, 5.41) is 43.9. The lowest BCUT2D eigenvalue weighted by Crippen LogP contribution is -2.40. The quantitative estimate of drug-likeness (QED) is 0.130. The summed E-state index contributed by atoms with van der Waals surface area (Å²) in [6.07, 6.45) is 0.233. The van der Waals surface area contributed by atoms with Crippen LogP contribution in [0.4, 0.5) is 5.95 Å². The van der Waals surface area contributed by atoms with Crippen LogP contribution in [0.25, 0.3) is 11.2 Å². The molecule has 2 aromatic rings.